The second-order valence-corrected chi connectivity index (χ2v) is 10.5. The van der Waals surface area contributed by atoms with Gasteiger partial charge in [0.25, 0.3) is 0 Å². The second-order valence-electron chi connectivity index (χ2n) is 9.34. The average Bonchev–Trinajstić information content (AvgIpc) is 3.36. The molecule has 0 radical (unpaired) electrons. The normalized spacial score (nSPS) is 18.0. The molecule has 9 heteroatoms. The summed E-state index contributed by atoms with van der Waals surface area (Å²) in [5.41, 5.74) is 5.30. The quantitative estimate of drug-likeness (QED) is 0.542. The number of esters is 1. The zero-order valence-electron chi connectivity index (χ0n) is 20.6. The summed E-state index contributed by atoms with van der Waals surface area (Å²) in [5, 5.41) is 19.2. The van der Waals surface area contributed by atoms with E-state index >= 15 is 0 Å². The van der Waals surface area contributed by atoms with Crippen molar-refractivity contribution < 1.29 is 14.6 Å². The number of hydrogen-bond donors (Lipinski definition) is 1. The Bertz CT molecular complexity index is 1270. The summed E-state index contributed by atoms with van der Waals surface area (Å²) in [6.07, 6.45) is 2.12. The molecule has 1 fully saturated rings. The largest absolute Gasteiger partial charge is 0.469 e. The minimum Gasteiger partial charge on any atom is -0.469 e. The fourth-order valence-corrected chi connectivity index (χ4v) is 6.18. The first kappa shape index (κ1) is 23.7. The van der Waals surface area contributed by atoms with E-state index in [0.717, 1.165) is 53.6 Å². The highest BCUT2D eigenvalue weighted by atomic mass is 32.1. The number of hydrogen-bond acceptors (Lipinski definition) is 8. The predicted molar refractivity (Wildman–Crippen MR) is 137 cm³/mol. The van der Waals surface area contributed by atoms with E-state index in [1.807, 2.05) is 11.5 Å². The summed E-state index contributed by atoms with van der Waals surface area (Å²) < 4.78 is 7.02. The number of aromatic nitrogens is 3. The molecule has 0 bridgehead atoms. The fraction of sp³-hybridized carbons (Fsp3) is 0.462. The number of piperidine rings is 1. The van der Waals surface area contributed by atoms with Crippen LogP contribution in [0, 0.1) is 26.7 Å². The van der Waals surface area contributed by atoms with Crippen LogP contribution in [-0.4, -0.2) is 58.4 Å². The molecule has 0 unspecified atom stereocenters. The molecule has 1 aromatic carbocycles. The molecule has 8 nitrogen and oxygen atoms in total. The van der Waals surface area contributed by atoms with Crippen molar-refractivity contribution in [1.82, 2.24) is 14.8 Å². The maximum absolute atomic E-state index is 12.3. The van der Waals surface area contributed by atoms with E-state index in [0.29, 0.717) is 11.7 Å². The number of carbonyl (C=O) groups is 1. The van der Waals surface area contributed by atoms with Crippen LogP contribution in [0.2, 0.25) is 0 Å². The number of rotatable bonds is 5. The molecular formula is C26H31N5O3S. The van der Waals surface area contributed by atoms with Gasteiger partial charge in [-0.15, -0.1) is 21.5 Å². The van der Waals surface area contributed by atoms with Crippen molar-refractivity contribution in [3.63, 3.8) is 0 Å². The molecule has 0 aliphatic carbocycles. The first-order valence-electron chi connectivity index (χ1n) is 12.0. The summed E-state index contributed by atoms with van der Waals surface area (Å²) in [4.78, 5) is 21.0. The highest BCUT2D eigenvalue weighted by Crippen LogP contribution is 2.39. The van der Waals surface area contributed by atoms with Gasteiger partial charge < -0.3 is 14.7 Å². The molecule has 184 valence electrons. The lowest BCUT2D eigenvalue weighted by Crippen LogP contribution is -2.34. The topological polar surface area (TPSA) is 92.8 Å². The molecule has 2 aliphatic heterocycles. The predicted octanol–water partition coefficient (Wildman–Crippen LogP) is 3.92. The van der Waals surface area contributed by atoms with Gasteiger partial charge in [-0.3, -0.25) is 14.4 Å². The van der Waals surface area contributed by atoms with Gasteiger partial charge in [0.15, 0.2) is 5.82 Å². The Morgan fingerprint density at radius 2 is 1.86 bits per heavy atom. The van der Waals surface area contributed by atoms with Gasteiger partial charge in [-0.05, 0) is 57.2 Å². The maximum atomic E-state index is 12.3. The van der Waals surface area contributed by atoms with Crippen LogP contribution in [0.4, 0.5) is 5.69 Å². The Hall–Kier alpha value is -3.04. The van der Waals surface area contributed by atoms with Crippen LogP contribution in [0.5, 0.6) is 0 Å². The summed E-state index contributed by atoms with van der Waals surface area (Å²) in [6, 6.07) is 8.05. The second kappa shape index (κ2) is 9.54. The molecule has 2 aromatic heterocycles. The Morgan fingerprint density at radius 1 is 1.14 bits per heavy atom. The standard InChI is InChI=1S/C26H31N5O3S/c1-15-16(2)35-26-23(15)24(27-21(13-22(33)34-4)25-29-28-17(3)31(25)26)19-5-7-20(8-6-19)30-11-9-18(14-32)10-12-30/h5-8,18,21,32H,9-14H2,1-4H3/t21-/m0/s1. The third kappa shape index (κ3) is 4.27. The molecule has 4 heterocycles. The van der Waals surface area contributed by atoms with Gasteiger partial charge in [0.1, 0.15) is 16.9 Å². The Kier molecular flexibility index (Phi) is 6.46. The first-order chi connectivity index (χ1) is 16.9. The number of ether oxygens (including phenoxy) is 1. The number of carbonyl (C=O) groups excluding carboxylic acids is 1. The van der Waals surface area contributed by atoms with Crippen molar-refractivity contribution in [3.05, 3.63) is 57.5 Å². The van der Waals surface area contributed by atoms with Crippen molar-refractivity contribution in [1.29, 1.82) is 0 Å². The number of methoxy groups -OCH3 is 1. The summed E-state index contributed by atoms with van der Waals surface area (Å²) >= 11 is 1.70. The number of benzene rings is 1. The summed E-state index contributed by atoms with van der Waals surface area (Å²) in [5.74, 6) is 1.51. The molecule has 0 saturated carbocycles. The van der Waals surface area contributed by atoms with Gasteiger partial charge in [0, 0.05) is 41.4 Å². The van der Waals surface area contributed by atoms with Crippen molar-refractivity contribution in [2.75, 3.05) is 31.7 Å². The number of aliphatic hydroxyl groups excluding tert-OH is 1. The molecule has 5 rings (SSSR count). The third-order valence-electron chi connectivity index (χ3n) is 7.21. The van der Waals surface area contributed by atoms with Crippen molar-refractivity contribution in [2.45, 2.75) is 46.1 Å². The van der Waals surface area contributed by atoms with E-state index < -0.39 is 6.04 Å². The minimum atomic E-state index is -0.491. The van der Waals surface area contributed by atoms with Crippen LogP contribution in [0.25, 0.3) is 5.00 Å². The molecule has 0 amide bonds. The van der Waals surface area contributed by atoms with E-state index in [2.05, 4.69) is 53.2 Å². The van der Waals surface area contributed by atoms with Crippen LogP contribution in [0.3, 0.4) is 0 Å². The van der Waals surface area contributed by atoms with Crippen LogP contribution >= 0.6 is 11.3 Å². The third-order valence-corrected chi connectivity index (χ3v) is 8.40. The monoisotopic (exact) mass is 493 g/mol. The smallest absolute Gasteiger partial charge is 0.308 e. The van der Waals surface area contributed by atoms with E-state index in [1.54, 1.807) is 11.3 Å². The molecule has 2 aliphatic rings. The van der Waals surface area contributed by atoms with Gasteiger partial charge in [-0.2, -0.15) is 0 Å². The van der Waals surface area contributed by atoms with Crippen LogP contribution < -0.4 is 4.90 Å². The first-order valence-corrected chi connectivity index (χ1v) is 12.9. The summed E-state index contributed by atoms with van der Waals surface area (Å²) in [7, 11) is 1.39. The van der Waals surface area contributed by atoms with Crippen molar-refractivity contribution >= 4 is 28.7 Å². The van der Waals surface area contributed by atoms with Gasteiger partial charge in [-0.25, -0.2) is 0 Å². The average molecular weight is 494 g/mol. The molecule has 1 N–H and O–H groups in total. The minimum absolute atomic E-state index is 0.100. The number of thiophene rings is 1. The number of nitrogens with zero attached hydrogens (tertiary/aromatic N) is 5. The van der Waals surface area contributed by atoms with Crippen LogP contribution in [-0.2, 0) is 9.53 Å². The van der Waals surface area contributed by atoms with E-state index in [-0.39, 0.29) is 19.0 Å². The Morgan fingerprint density at radius 3 is 2.51 bits per heavy atom. The van der Waals surface area contributed by atoms with Crippen molar-refractivity contribution in [2.24, 2.45) is 10.9 Å². The lowest BCUT2D eigenvalue weighted by molar-refractivity contribution is -0.141. The zero-order valence-corrected chi connectivity index (χ0v) is 21.4. The van der Waals surface area contributed by atoms with Gasteiger partial charge in [0.2, 0.25) is 0 Å². The number of aliphatic imine (C=N–C) groups is 1. The van der Waals surface area contributed by atoms with Crippen LogP contribution in [0.15, 0.2) is 29.3 Å². The van der Waals surface area contributed by atoms with Crippen LogP contribution in [0.1, 0.15) is 58.5 Å². The van der Waals surface area contributed by atoms with E-state index in [1.165, 1.54) is 23.2 Å². The van der Waals surface area contributed by atoms with Gasteiger partial charge in [0.05, 0.1) is 19.2 Å². The molecule has 0 spiro atoms. The lowest BCUT2D eigenvalue weighted by atomic mass is 9.96. The SMILES string of the molecule is COC(=O)C[C@@H]1N=C(c2ccc(N3CCC(CO)CC3)cc2)c2c(sc(C)c2C)-n2c(C)nnc21. The molecule has 1 saturated heterocycles. The summed E-state index contributed by atoms with van der Waals surface area (Å²) in [6.45, 7) is 8.35. The maximum Gasteiger partial charge on any atom is 0.308 e. The number of anilines is 1. The van der Waals surface area contributed by atoms with Gasteiger partial charge >= 0.3 is 5.97 Å². The zero-order chi connectivity index (χ0) is 24.7. The molecule has 3 aromatic rings. The molecule has 35 heavy (non-hydrogen) atoms. The van der Waals surface area contributed by atoms with Gasteiger partial charge in [-0.1, -0.05) is 12.1 Å². The van der Waals surface area contributed by atoms with Crippen molar-refractivity contribution in [3.8, 4) is 5.00 Å². The number of fused-ring (bicyclic) bond motifs is 3. The fourth-order valence-electron chi connectivity index (χ4n) is 4.97. The molecule has 1 atom stereocenters. The highest BCUT2D eigenvalue weighted by Gasteiger charge is 2.32. The lowest BCUT2D eigenvalue weighted by Gasteiger charge is -2.33. The van der Waals surface area contributed by atoms with E-state index in [9.17, 15) is 9.90 Å². The van der Waals surface area contributed by atoms with E-state index in [4.69, 9.17) is 9.73 Å². The number of aryl methyl sites for hydroxylation is 2. The highest BCUT2D eigenvalue weighted by molar-refractivity contribution is 7.15. The number of aliphatic hydroxyl groups is 1. The molecular weight excluding hydrogens is 462 g/mol. The Labute approximate surface area is 209 Å². The Balaban J connectivity index is 1.57.